The normalized spacial score (nSPS) is 30.2. The Kier molecular flexibility index (Phi) is 3.60. The Morgan fingerprint density at radius 1 is 0.762 bits per heavy atom. The van der Waals surface area contributed by atoms with Crippen molar-refractivity contribution in [1.29, 1.82) is 0 Å². The van der Waals surface area contributed by atoms with Crippen molar-refractivity contribution in [3.8, 4) is 0 Å². The molecule has 1 fully saturated rings. The first-order chi connectivity index (χ1) is 10.1. The van der Waals surface area contributed by atoms with Gasteiger partial charge in [0.2, 0.25) is 0 Å². The van der Waals surface area contributed by atoms with E-state index in [4.69, 9.17) is 0 Å². The molecule has 1 heterocycles. The second-order valence-corrected chi connectivity index (χ2v) is 6.43. The fourth-order valence-corrected chi connectivity index (χ4v) is 3.64. The largest absolute Gasteiger partial charge is 0.135 e. The Hall–Kier alpha value is -1.64. The van der Waals surface area contributed by atoms with Gasteiger partial charge in [0.1, 0.15) is 0 Å². The molecular weight excluding hydrogens is 258 g/mol. The van der Waals surface area contributed by atoms with E-state index in [1.165, 1.54) is 5.06 Å². The molecule has 109 valence electrons. The minimum absolute atomic E-state index is 0.454. The first-order valence-electron chi connectivity index (χ1n) is 7.66. The quantitative estimate of drug-likeness (QED) is 0.785. The predicted octanol–water partition coefficient (Wildman–Crippen LogP) is 4.65. The van der Waals surface area contributed by atoms with Crippen LogP contribution < -0.4 is 0 Å². The van der Waals surface area contributed by atoms with Crippen LogP contribution in [0.25, 0.3) is 0 Å². The van der Waals surface area contributed by atoms with Gasteiger partial charge >= 0.3 is 0 Å². The highest BCUT2D eigenvalue weighted by Crippen LogP contribution is 2.48. The highest BCUT2D eigenvalue weighted by Gasteiger charge is 2.49. The van der Waals surface area contributed by atoms with Crippen molar-refractivity contribution < 1.29 is 5.21 Å². The Balaban J connectivity index is 2.03. The number of nitrogens with zero attached hydrogens (tertiary/aromatic N) is 1. The maximum Gasteiger partial charge on any atom is 0.0724 e. The highest BCUT2D eigenvalue weighted by atomic mass is 16.5. The summed E-state index contributed by atoms with van der Waals surface area (Å²) in [5, 5.41) is 14.6. The van der Waals surface area contributed by atoms with E-state index in [9.17, 15) is 5.21 Å². The van der Waals surface area contributed by atoms with Crippen molar-refractivity contribution in [1.82, 2.24) is 5.06 Å². The van der Waals surface area contributed by atoms with Crippen molar-refractivity contribution >= 4 is 0 Å². The summed E-state index contributed by atoms with van der Waals surface area (Å²) in [4.78, 5) is 0. The molecule has 1 aliphatic heterocycles. The van der Waals surface area contributed by atoms with Gasteiger partial charge in [0.15, 0.2) is 0 Å². The van der Waals surface area contributed by atoms with Gasteiger partial charge in [0, 0.05) is 0 Å². The van der Waals surface area contributed by atoms with Gasteiger partial charge in [-0.1, -0.05) is 60.7 Å². The number of benzene rings is 2. The van der Waals surface area contributed by atoms with E-state index in [0.29, 0.717) is 0 Å². The van der Waals surface area contributed by atoms with Gasteiger partial charge < -0.3 is 0 Å². The second kappa shape index (κ2) is 5.28. The minimum atomic E-state index is -0.454. The number of piperidine rings is 1. The number of hydrogen-bond donors (Lipinski definition) is 0. The summed E-state index contributed by atoms with van der Waals surface area (Å²) in [6.45, 7) is 4.16. The summed E-state index contributed by atoms with van der Waals surface area (Å²) >= 11 is 0. The van der Waals surface area contributed by atoms with E-state index >= 15 is 0 Å². The molecular formula is C19H22NO. The predicted molar refractivity (Wildman–Crippen MR) is 84.0 cm³/mol. The van der Waals surface area contributed by atoms with Crippen LogP contribution in [0, 0.1) is 0 Å². The van der Waals surface area contributed by atoms with Gasteiger partial charge in [-0.3, -0.25) is 0 Å². The molecule has 0 unspecified atom stereocenters. The lowest BCUT2D eigenvalue weighted by Crippen LogP contribution is -2.55. The molecule has 0 bridgehead atoms. The summed E-state index contributed by atoms with van der Waals surface area (Å²) in [5.41, 5.74) is 1.32. The molecule has 0 aliphatic carbocycles. The summed E-state index contributed by atoms with van der Waals surface area (Å²) in [6.07, 6.45) is 2.88. The van der Waals surface area contributed by atoms with Crippen LogP contribution in [0.5, 0.6) is 0 Å². The van der Waals surface area contributed by atoms with Crippen LogP contribution in [-0.4, -0.2) is 5.06 Å². The van der Waals surface area contributed by atoms with Crippen LogP contribution >= 0.6 is 0 Å². The van der Waals surface area contributed by atoms with Gasteiger partial charge in [-0.25, -0.2) is 0 Å². The summed E-state index contributed by atoms with van der Waals surface area (Å²) in [5.74, 6) is 0. The summed E-state index contributed by atoms with van der Waals surface area (Å²) in [7, 11) is 0. The number of hydroxylamine groups is 2. The monoisotopic (exact) mass is 280 g/mol. The molecule has 0 amide bonds. The molecule has 2 aromatic carbocycles. The lowest BCUT2D eigenvalue weighted by Gasteiger charge is -2.50. The lowest BCUT2D eigenvalue weighted by atomic mass is 9.74. The van der Waals surface area contributed by atoms with Crippen LogP contribution in [0.4, 0.5) is 0 Å². The molecule has 0 aromatic heterocycles. The molecule has 2 nitrogen and oxygen atoms in total. The van der Waals surface area contributed by atoms with E-state index in [2.05, 4.69) is 38.1 Å². The Morgan fingerprint density at radius 2 is 1.14 bits per heavy atom. The van der Waals surface area contributed by atoms with Crippen molar-refractivity contribution in [2.24, 2.45) is 0 Å². The topological polar surface area (TPSA) is 23.1 Å². The van der Waals surface area contributed by atoms with Gasteiger partial charge in [-0.2, -0.15) is 0 Å². The van der Waals surface area contributed by atoms with Crippen molar-refractivity contribution in [2.75, 3.05) is 0 Å². The van der Waals surface area contributed by atoms with Gasteiger partial charge in [-0.05, 0) is 44.2 Å². The maximum absolute atomic E-state index is 13.3. The molecule has 21 heavy (non-hydrogen) atoms. The maximum atomic E-state index is 13.3. The van der Waals surface area contributed by atoms with E-state index < -0.39 is 11.1 Å². The van der Waals surface area contributed by atoms with Gasteiger partial charge in [0.25, 0.3) is 0 Å². The molecule has 1 radical (unpaired) electrons. The Bertz CT molecular complexity index is 544. The van der Waals surface area contributed by atoms with E-state index in [-0.39, 0.29) is 0 Å². The Labute approximate surface area is 127 Å². The molecule has 3 rings (SSSR count). The van der Waals surface area contributed by atoms with Crippen LogP contribution in [0.2, 0.25) is 0 Å². The Morgan fingerprint density at radius 3 is 1.52 bits per heavy atom. The molecule has 1 aliphatic rings. The molecule has 1 saturated heterocycles. The van der Waals surface area contributed by atoms with E-state index in [0.717, 1.165) is 30.4 Å². The van der Waals surface area contributed by atoms with E-state index in [1.807, 2.05) is 36.4 Å². The van der Waals surface area contributed by atoms with Gasteiger partial charge in [-0.15, -0.1) is 10.3 Å². The SMILES string of the molecule is C[C@@]1(c2ccccc2)CCC[C@](C)(c2ccccc2)N1[O]. The lowest BCUT2D eigenvalue weighted by molar-refractivity contribution is -0.305. The zero-order chi connectivity index (χ0) is 14.9. The van der Waals surface area contributed by atoms with Gasteiger partial charge in [0.05, 0.1) is 11.1 Å². The molecule has 0 saturated carbocycles. The first-order valence-corrected chi connectivity index (χ1v) is 7.66. The van der Waals surface area contributed by atoms with Crippen LogP contribution in [0.15, 0.2) is 60.7 Å². The molecule has 0 N–H and O–H groups in total. The van der Waals surface area contributed by atoms with Crippen LogP contribution in [0.1, 0.15) is 44.2 Å². The average molecular weight is 280 g/mol. The summed E-state index contributed by atoms with van der Waals surface area (Å²) in [6, 6.07) is 20.4. The van der Waals surface area contributed by atoms with Crippen LogP contribution in [0.3, 0.4) is 0 Å². The van der Waals surface area contributed by atoms with E-state index in [1.54, 1.807) is 0 Å². The smallest absolute Gasteiger partial charge is 0.0724 e. The zero-order valence-corrected chi connectivity index (χ0v) is 12.8. The third kappa shape index (κ3) is 2.29. The number of rotatable bonds is 2. The fourth-order valence-electron chi connectivity index (χ4n) is 3.64. The minimum Gasteiger partial charge on any atom is -0.135 e. The standard InChI is InChI=1S/C19H22NO/c1-18(16-10-5-3-6-11-16)14-9-15-19(2,20(18)21)17-12-7-4-8-13-17/h3-8,10-13H,9,14-15H2,1-2H3/t18-,19+. The fraction of sp³-hybridized carbons (Fsp3) is 0.368. The first kappa shape index (κ1) is 14.3. The summed E-state index contributed by atoms with van der Waals surface area (Å²) < 4.78 is 0. The number of hydrogen-bond acceptors (Lipinski definition) is 1. The average Bonchev–Trinajstić information content (AvgIpc) is 2.54. The molecule has 2 aromatic rings. The third-order valence-electron chi connectivity index (χ3n) is 5.02. The zero-order valence-electron chi connectivity index (χ0n) is 12.8. The van der Waals surface area contributed by atoms with Crippen molar-refractivity contribution in [3.63, 3.8) is 0 Å². The third-order valence-corrected chi connectivity index (χ3v) is 5.02. The molecule has 0 spiro atoms. The van der Waals surface area contributed by atoms with Crippen molar-refractivity contribution in [3.05, 3.63) is 71.8 Å². The van der Waals surface area contributed by atoms with Crippen LogP contribution in [-0.2, 0) is 16.3 Å². The van der Waals surface area contributed by atoms with Crippen molar-refractivity contribution in [2.45, 2.75) is 44.2 Å². The molecule has 2 atom stereocenters. The molecule has 2 heteroatoms. The highest BCUT2D eigenvalue weighted by molar-refractivity contribution is 5.29. The second-order valence-electron chi connectivity index (χ2n) is 6.43.